The quantitative estimate of drug-likeness (QED) is 0.195. The highest BCUT2D eigenvalue weighted by atomic mass is 35.5. The molecule has 12 heteroatoms. The molecule has 0 aromatic heterocycles. The van der Waals surface area contributed by atoms with E-state index in [1.807, 2.05) is 54.6 Å². The summed E-state index contributed by atoms with van der Waals surface area (Å²) < 4.78 is 35.6. The van der Waals surface area contributed by atoms with Crippen molar-refractivity contribution in [3.8, 4) is 16.9 Å². The lowest BCUT2D eigenvalue weighted by Gasteiger charge is -2.39. The van der Waals surface area contributed by atoms with Gasteiger partial charge in [0.15, 0.2) is 0 Å². The number of fused-ring (bicyclic) bond motifs is 3. The number of amidine groups is 1. The molecular formula is C34H33Cl3N4O4S. The number of hydrogen-bond donors (Lipinski definition) is 2. The van der Waals surface area contributed by atoms with Gasteiger partial charge in [-0.15, -0.1) is 12.4 Å². The zero-order chi connectivity index (χ0) is 31.6. The predicted octanol–water partition coefficient (Wildman–Crippen LogP) is 6.58. The van der Waals surface area contributed by atoms with Crippen molar-refractivity contribution >= 4 is 63.1 Å². The van der Waals surface area contributed by atoms with Gasteiger partial charge in [0.25, 0.3) is 0 Å². The molecule has 0 radical (unpaired) electrons. The molecule has 0 aliphatic carbocycles. The molecule has 0 saturated heterocycles. The van der Waals surface area contributed by atoms with Crippen LogP contribution < -0.4 is 19.7 Å². The molecule has 0 spiro atoms. The average molecular weight is 700 g/mol. The molecule has 2 aliphatic heterocycles. The minimum Gasteiger partial charge on any atom is -0.496 e. The first kappa shape index (κ1) is 33.6. The van der Waals surface area contributed by atoms with Gasteiger partial charge in [-0.1, -0.05) is 83.9 Å². The Hall–Kier alpha value is -3.76. The summed E-state index contributed by atoms with van der Waals surface area (Å²) in [5.74, 6) is 0.922. The van der Waals surface area contributed by atoms with Gasteiger partial charge in [-0.25, -0.2) is 8.42 Å². The second kappa shape index (κ2) is 14.3. The largest absolute Gasteiger partial charge is 0.496 e. The second-order valence-electron chi connectivity index (χ2n) is 10.9. The Labute approximate surface area is 285 Å². The molecule has 8 nitrogen and oxygen atoms in total. The summed E-state index contributed by atoms with van der Waals surface area (Å²) in [5, 5.41) is 6.89. The van der Waals surface area contributed by atoms with Crippen LogP contribution >= 0.6 is 35.6 Å². The lowest BCUT2D eigenvalue weighted by molar-refractivity contribution is -0.121. The van der Waals surface area contributed by atoms with E-state index in [2.05, 4.69) is 15.6 Å². The molecule has 46 heavy (non-hydrogen) atoms. The maximum absolute atomic E-state index is 14.3. The first-order valence-corrected chi connectivity index (χ1v) is 17.0. The van der Waals surface area contributed by atoms with Gasteiger partial charge >= 0.3 is 0 Å². The number of ether oxygens (including phenoxy) is 1. The van der Waals surface area contributed by atoms with Gasteiger partial charge in [0.1, 0.15) is 11.6 Å². The molecule has 1 unspecified atom stereocenters. The van der Waals surface area contributed by atoms with E-state index in [-0.39, 0.29) is 35.5 Å². The average Bonchev–Trinajstić information content (AvgIpc) is 3.58. The van der Waals surface area contributed by atoms with Gasteiger partial charge in [-0.05, 0) is 47.4 Å². The van der Waals surface area contributed by atoms with Crippen molar-refractivity contribution in [3.63, 3.8) is 0 Å². The minimum atomic E-state index is -4.02. The molecule has 2 N–H and O–H groups in total. The van der Waals surface area contributed by atoms with Crippen LogP contribution in [0.5, 0.6) is 5.75 Å². The van der Waals surface area contributed by atoms with Gasteiger partial charge in [-0.3, -0.25) is 14.1 Å². The Morgan fingerprint density at radius 3 is 2.48 bits per heavy atom. The molecule has 6 rings (SSSR count). The first-order chi connectivity index (χ1) is 21.7. The van der Waals surface area contributed by atoms with Crippen LogP contribution in [0.25, 0.3) is 11.1 Å². The van der Waals surface area contributed by atoms with E-state index in [0.717, 1.165) is 35.6 Å². The summed E-state index contributed by atoms with van der Waals surface area (Å²) in [5.41, 5.74) is 5.26. The van der Waals surface area contributed by atoms with Crippen molar-refractivity contribution in [2.24, 2.45) is 4.99 Å². The SMILES string of the molecule is COc1cccc2c1-c1ccccc1N(S(=O)(=O)Cc1ccc(Cl)c(Cl)c1)C2CC(=O)NCCc1ccc(C2=NCCN2)cc1.Cl. The minimum absolute atomic E-state index is 0. The molecule has 2 heterocycles. The molecule has 1 atom stereocenters. The number of benzene rings is 4. The van der Waals surface area contributed by atoms with Gasteiger partial charge in [0, 0.05) is 29.8 Å². The standard InChI is InChI=1S/C34H32Cl2N4O4S.ClH/c1-44-31-8-4-6-26-30(20-32(41)37-16-15-22-9-12-24(13-10-22)34-38-17-18-39-34)40(29-7-3-2-5-25(29)33(26)31)45(42,43)21-23-11-14-27(35)28(36)19-23;/h2-14,19,30H,15-18,20-21H2,1H3,(H,37,41)(H,38,39);1H. The van der Waals surface area contributed by atoms with Crippen LogP contribution in [0.3, 0.4) is 0 Å². The Balaban J connectivity index is 0.00000417. The van der Waals surface area contributed by atoms with Crippen LogP contribution in [-0.4, -0.2) is 46.9 Å². The molecule has 2 aliphatic rings. The Kier molecular flexibility index (Phi) is 10.5. The number of carbonyl (C=O) groups is 1. The summed E-state index contributed by atoms with van der Waals surface area (Å²) in [4.78, 5) is 18.0. The molecule has 240 valence electrons. The Morgan fingerprint density at radius 2 is 1.76 bits per heavy atom. The van der Waals surface area contributed by atoms with Crippen molar-refractivity contribution in [2.45, 2.75) is 24.6 Å². The monoisotopic (exact) mass is 698 g/mol. The summed E-state index contributed by atoms with van der Waals surface area (Å²) >= 11 is 12.3. The normalized spacial score (nSPS) is 15.2. The van der Waals surface area contributed by atoms with E-state index in [1.54, 1.807) is 37.4 Å². The highest BCUT2D eigenvalue weighted by molar-refractivity contribution is 7.92. The van der Waals surface area contributed by atoms with Crippen LogP contribution in [0.1, 0.15) is 34.7 Å². The van der Waals surface area contributed by atoms with Crippen LogP contribution in [-0.2, 0) is 27.0 Å². The van der Waals surface area contributed by atoms with Crippen molar-refractivity contribution in [3.05, 3.63) is 117 Å². The van der Waals surface area contributed by atoms with Crippen LogP contribution in [0.2, 0.25) is 10.0 Å². The zero-order valence-electron chi connectivity index (χ0n) is 25.0. The summed E-state index contributed by atoms with van der Waals surface area (Å²) in [6, 6.07) is 24.9. The van der Waals surface area contributed by atoms with Crippen molar-refractivity contribution in [1.29, 1.82) is 0 Å². The predicted molar refractivity (Wildman–Crippen MR) is 187 cm³/mol. The van der Waals surface area contributed by atoms with Gasteiger partial charge in [0.2, 0.25) is 15.9 Å². The van der Waals surface area contributed by atoms with E-state index in [0.29, 0.717) is 46.1 Å². The highest BCUT2D eigenvalue weighted by Gasteiger charge is 2.40. The summed E-state index contributed by atoms with van der Waals surface area (Å²) in [7, 11) is -2.43. The van der Waals surface area contributed by atoms with Crippen molar-refractivity contribution in [1.82, 2.24) is 10.6 Å². The van der Waals surface area contributed by atoms with E-state index in [1.165, 1.54) is 4.31 Å². The fourth-order valence-electron chi connectivity index (χ4n) is 5.92. The number of carbonyl (C=O) groups excluding carboxylic acids is 1. The number of methoxy groups -OCH3 is 1. The Bertz CT molecular complexity index is 1880. The number of halogens is 3. The number of aliphatic imine (C=N–C) groups is 1. The number of para-hydroxylation sites is 1. The van der Waals surface area contributed by atoms with E-state index in [4.69, 9.17) is 27.9 Å². The molecule has 4 aromatic rings. The van der Waals surface area contributed by atoms with Crippen molar-refractivity contribution < 1.29 is 17.9 Å². The lowest BCUT2D eigenvalue weighted by Crippen LogP contribution is -2.41. The number of sulfonamides is 1. The second-order valence-corrected chi connectivity index (χ2v) is 13.6. The first-order valence-electron chi connectivity index (χ1n) is 14.6. The maximum Gasteiger partial charge on any atom is 0.239 e. The van der Waals surface area contributed by atoms with Crippen LogP contribution in [0.15, 0.2) is 89.9 Å². The molecule has 0 fully saturated rings. The highest BCUT2D eigenvalue weighted by Crippen LogP contribution is 2.51. The number of nitrogens with zero attached hydrogens (tertiary/aromatic N) is 2. The van der Waals surface area contributed by atoms with E-state index in [9.17, 15) is 13.2 Å². The topological polar surface area (TPSA) is 100 Å². The van der Waals surface area contributed by atoms with Crippen molar-refractivity contribution in [2.75, 3.05) is 31.0 Å². The third-order valence-electron chi connectivity index (χ3n) is 7.98. The molecule has 1 amide bonds. The van der Waals surface area contributed by atoms with Gasteiger partial charge in [-0.2, -0.15) is 0 Å². The number of nitrogens with one attached hydrogen (secondary N) is 2. The summed E-state index contributed by atoms with van der Waals surface area (Å²) in [6.07, 6.45) is 0.544. The maximum atomic E-state index is 14.3. The fourth-order valence-corrected chi connectivity index (χ4v) is 8.01. The van der Waals surface area contributed by atoms with E-state index < -0.39 is 16.1 Å². The third kappa shape index (κ3) is 6.98. The van der Waals surface area contributed by atoms with Crippen LogP contribution in [0.4, 0.5) is 5.69 Å². The van der Waals surface area contributed by atoms with Crippen LogP contribution in [0, 0.1) is 0 Å². The number of amides is 1. The van der Waals surface area contributed by atoms with E-state index >= 15 is 0 Å². The Morgan fingerprint density at radius 1 is 1.00 bits per heavy atom. The zero-order valence-corrected chi connectivity index (χ0v) is 28.1. The van der Waals surface area contributed by atoms with Gasteiger partial charge in [0.05, 0.1) is 47.6 Å². The molecule has 4 aromatic carbocycles. The molecule has 0 bridgehead atoms. The number of anilines is 1. The fraction of sp³-hybridized carbons (Fsp3) is 0.235. The molecule has 0 saturated carbocycles. The number of hydrogen-bond acceptors (Lipinski definition) is 6. The lowest BCUT2D eigenvalue weighted by atomic mass is 9.87. The third-order valence-corrected chi connectivity index (χ3v) is 10.5. The summed E-state index contributed by atoms with van der Waals surface area (Å²) in [6.45, 7) is 2.03. The molecular weight excluding hydrogens is 667 g/mol. The smallest absolute Gasteiger partial charge is 0.239 e. The number of rotatable bonds is 10. The van der Waals surface area contributed by atoms with Gasteiger partial charge < -0.3 is 15.4 Å².